The molecule has 1 aliphatic carbocycles. The molecule has 1 aromatic heterocycles. The molecule has 3 nitrogen and oxygen atoms in total. The maximum absolute atomic E-state index is 12.3. The number of esters is 1. The number of hydrogen-bond acceptors (Lipinski definition) is 3. The Labute approximate surface area is 129 Å². The first kappa shape index (κ1) is 14.3. The number of benzene rings is 1. The molecule has 0 amide bonds. The Morgan fingerprint density at radius 3 is 2.67 bits per heavy atom. The quantitative estimate of drug-likeness (QED) is 0.613. The van der Waals surface area contributed by atoms with Gasteiger partial charge in [-0.3, -0.25) is 0 Å². The SMILES string of the molecule is O=C(OCC1CCCCC1)c1cnc(Cl)c2ccccc12. The smallest absolute Gasteiger partial charge is 0.340 e. The number of halogens is 1. The molecule has 0 atom stereocenters. The van der Waals surface area contributed by atoms with Gasteiger partial charge in [-0.2, -0.15) is 0 Å². The molecule has 2 aromatic rings. The van der Waals surface area contributed by atoms with Gasteiger partial charge in [-0.15, -0.1) is 0 Å². The second kappa shape index (κ2) is 6.44. The first-order valence-corrected chi connectivity index (χ1v) is 7.84. The van der Waals surface area contributed by atoms with Gasteiger partial charge < -0.3 is 4.74 Å². The van der Waals surface area contributed by atoms with E-state index in [9.17, 15) is 4.79 Å². The molecule has 0 aliphatic heterocycles. The monoisotopic (exact) mass is 303 g/mol. The van der Waals surface area contributed by atoms with Crippen LogP contribution >= 0.6 is 11.6 Å². The molecular formula is C17H18ClNO2. The van der Waals surface area contributed by atoms with Gasteiger partial charge in [0.15, 0.2) is 0 Å². The van der Waals surface area contributed by atoms with Crippen molar-refractivity contribution in [2.24, 2.45) is 5.92 Å². The number of pyridine rings is 1. The number of carbonyl (C=O) groups is 1. The van der Waals surface area contributed by atoms with E-state index in [4.69, 9.17) is 16.3 Å². The van der Waals surface area contributed by atoms with Gasteiger partial charge in [-0.25, -0.2) is 9.78 Å². The summed E-state index contributed by atoms with van der Waals surface area (Å²) in [7, 11) is 0. The Hall–Kier alpha value is -1.61. The topological polar surface area (TPSA) is 39.2 Å². The Balaban J connectivity index is 1.77. The first-order valence-electron chi connectivity index (χ1n) is 7.46. The van der Waals surface area contributed by atoms with Gasteiger partial charge in [0, 0.05) is 17.0 Å². The molecule has 110 valence electrons. The molecule has 0 radical (unpaired) electrons. The van der Waals surface area contributed by atoms with E-state index in [1.54, 1.807) is 0 Å². The summed E-state index contributed by atoms with van der Waals surface area (Å²) in [5.41, 5.74) is 0.491. The summed E-state index contributed by atoms with van der Waals surface area (Å²) in [5.74, 6) is 0.204. The summed E-state index contributed by atoms with van der Waals surface area (Å²) in [6.45, 7) is 0.510. The van der Waals surface area contributed by atoms with Crippen molar-refractivity contribution in [2.75, 3.05) is 6.61 Å². The normalized spacial score (nSPS) is 16.0. The highest BCUT2D eigenvalue weighted by atomic mass is 35.5. The van der Waals surface area contributed by atoms with Crippen molar-refractivity contribution in [3.63, 3.8) is 0 Å². The van der Waals surface area contributed by atoms with Crippen LogP contribution in [0.4, 0.5) is 0 Å². The van der Waals surface area contributed by atoms with Crippen molar-refractivity contribution in [1.29, 1.82) is 0 Å². The molecule has 4 heteroatoms. The molecule has 0 unspecified atom stereocenters. The number of carbonyl (C=O) groups excluding carboxylic acids is 1. The lowest BCUT2D eigenvalue weighted by molar-refractivity contribution is 0.0412. The maximum Gasteiger partial charge on any atom is 0.340 e. The summed E-state index contributed by atoms with van der Waals surface area (Å²) in [6, 6.07) is 7.51. The van der Waals surface area contributed by atoms with E-state index in [-0.39, 0.29) is 5.97 Å². The third kappa shape index (κ3) is 3.18. The third-order valence-corrected chi connectivity index (χ3v) is 4.44. The molecule has 0 bridgehead atoms. The van der Waals surface area contributed by atoms with E-state index in [0.717, 1.165) is 23.6 Å². The fourth-order valence-electron chi connectivity index (χ4n) is 2.95. The van der Waals surface area contributed by atoms with Crippen LogP contribution in [0.3, 0.4) is 0 Å². The maximum atomic E-state index is 12.3. The summed E-state index contributed by atoms with van der Waals surface area (Å²) in [6.07, 6.45) is 7.62. The van der Waals surface area contributed by atoms with E-state index in [1.807, 2.05) is 24.3 Å². The summed E-state index contributed by atoms with van der Waals surface area (Å²) >= 11 is 6.07. The third-order valence-electron chi connectivity index (χ3n) is 4.14. The van der Waals surface area contributed by atoms with Gasteiger partial charge >= 0.3 is 5.97 Å². The van der Waals surface area contributed by atoms with Crippen molar-refractivity contribution in [2.45, 2.75) is 32.1 Å². The highest BCUT2D eigenvalue weighted by Gasteiger charge is 2.18. The lowest BCUT2D eigenvalue weighted by Crippen LogP contribution is -2.17. The van der Waals surface area contributed by atoms with E-state index in [1.165, 1.54) is 25.5 Å². The number of aromatic nitrogens is 1. The predicted molar refractivity (Wildman–Crippen MR) is 83.6 cm³/mol. The van der Waals surface area contributed by atoms with Crippen LogP contribution in [0, 0.1) is 5.92 Å². The standard InChI is InChI=1S/C17H18ClNO2/c18-16-14-9-5-4-8-13(14)15(10-19-16)17(20)21-11-12-6-2-1-3-7-12/h4-5,8-10,12H,1-3,6-7,11H2. The molecule has 1 saturated carbocycles. The Morgan fingerprint density at radius 1 is 1.19 bits per heavy atom. The molecule has 3 rings (SSSR count). The van der Waals surface area contributed by atoms with Crippen LogP contribution in [0.25, 0.3) is 10.8 Å². The van der Waals surface area contributed by atoms with E-state index in [2.05, 4.69) is 4.98 Å². The number of ether oxygens (including phenoxy) is 1. The zero-order chi connectivity index (χ0) is 14.7. The molecule has 21 heavy (non-hydrogen) atoms. The molecule has 0 spiro atoms. The van der Waals surface area contributed by atoms with Crippen LogP contribution in [0.5, 0.6) is 0 Å². The number of rotatable bonds is 3. The van der Waals surface area contributed by atoms with Gasteiger partial charge in [0.05, 0.1) is 12.2 Å². The summed E-state index contributed by atoms with van der Waals surface area (Å²) in [5, 5.41) is 1.99. The first-order chi connectivity index (χ1) is 10.3. The number of fused-ring (bicyclic) bond motifs is 1. The highest BCUT2D eigenvalue weighted by Crippen LogP contribution is 2.26. The minimum atomic E-state index is -0.305. The van der Waals surface area contributed by atoms with Crippen LogP contribution in [0.2, 0.25) is 5.15 Å². The van der Waals surface area contributed by atoms with Crippen molar-refractivity contribution >= 4 is 28.3 Å². The van der Waals surface area contributed by atoms with E-state index in [0.29, 0.717) is 23.2 Å². The molecule has 1 heterocycles. The van der Waals surface area contributed by atoms with Crippen LogP contribution in [-0.2, 0) is 4.74 Å². The summed E-state index contributed by atoms with van der Waals surface area (Å²) < 4.78 is 5.49. The number of nitrogens with zero attached hydrogens (tertiary/aromatic N) is 1. The molecule has 1 fully saturated rings. The van der Waals surface area contributed by atoms with Gasteiger partial charge in [0.25, 0.3) is 0 Å². The fraction of sp³-hybridized carbons (Fsp3) is 0.412. The van der Waals surface area contributed by atoms with Crippen molar-refractivity contribution in [1.82, 2.24) is 4.98 Å². The van der Waals surface area contributed by atoms with Crippen LogP contribution in [-0.4, -0.2) is 17.6 Å². The van der Waals surface area contributed by atoms with Gasteiger partial charge in [0.1, 0.15) is 5.15 Å². The lowest BCUT2D eigenvalue weighted by Gasteiger charge is -2.21. The minimum Gasteiger partial charge on any atom is -0.462 e. The van der Waals surface area contributed by atoms with Crippen molar-refractivity contribution in [3.05, 3.63) is 41.2 Å². The predicted octanol–water partition coefficient (Wildman–Crippen LogP) is 4.63. The van der Waals surface area contributed by atoms with E-state index >= 15 is 0 Å². The second-order valence-electron chi connectivity index (χ2n) is 5.61. The highest BCUT2D eigenvalue weighted by molar-refractivity contribution is 6.34. The molecule has 1 aromatic carbocycles. The average molecular weight is 304 g/mol. The number of hydrogen-bond donors (Lipinski definition) is 0. The van der Waals surface area contributed by atoms with Crippen molar-refractivity contribution < 1.29 is 9.53 Å². The molecule has 0 N–H and O–H groups in total. The van der Waals surface area contributed by atoms with E-state index < -0.39 is 0 Å². The Kier molecular flexibility index (Phi) is 4.39. The largest absolute Gasteiger partial charge is 0.462 e. The van der Waals surface area contributed by atoms with Crippen LogP contribution in [0.15, 0.2) is 30.5 Å². The van der Waals surface area contributed by atoms with Gasteiger partial charge in [0.2, 0.25) is 0 Å². The zero-order valence-corrected chi connectivity index (χ0v) is 12.6. The van der Waals surface area contributed by atoms with Crippen LogP contribution < -0.4 is 0 Å². The molecule has 0 saturated heterocycles. The summed E-state index contributed by atoms with van der Waals surface area (Å²) in [4.78, 5) is 16.4. The minimum absolute atomic E-state index is 0.305. The zero-order valence-electron chi connectivity index (χ0n) is 11.8. The average Bonchev–Trinajstić information content (AvgIpc) is 2.54. The Bertz CT molecular complexity index is 650. The van der Waals surface area contributed by atoms with Gasteiger partial charge in [-0.05, 0) is 18.8 Å². The Morgan fingerprint density at radius 2 is 1.90 bits per heavy atom. The van der Waals surface area contributed by atoms with Crippen molar-refractivity contribution in [3.8, 4) is 0 Å². The fourth-order valence-corrected chi connectivity index (χ4v) is 3.16. The van der Waals surface area contributed by atoms with Gasteiger partial charge in [-0.1, -0.05) is 55.1 Å². The molecule has 1 aliphatic rings. The van der Waals surface area contributed by atoms with Crippen LogP contribution in [0.1, 0.15) is 42.5 Å². The molecular weight excluding hydrogens is 286 g/mol. The second-order valence-corrected chi connectivity index (χ2v) is 5.97. The lowest BCUT2D eigenvalue weighted by atomic mass is 9.90.